The molecular formula is C16H22ClN3O3S. The molecule has 0 spiro atoms. The van der Waals surface area contributed by atoms with Crippen LogP contribution in [-0.4, -0.2) is 67.0 Å². The van der Waals surface area contributed by atoms with Crippen LogP contribution in [0.3, 0.4) is 0 Å². The normalized spacial score (nSPS) is 22.8. The van der Waals surface area contributed by atoms with E-state index in [0.717, 1.165) is 32.5 Å². The molecule has 0 aromatic carbocycles. The third-order valence-corrected chi connectivity index (χ3v) is 5.76. The molecule has 2 amide bonds. The second kappa shape index (κ2) is 8.18. The zero-order chi connectivity index (χ0) is 16.9. The number of ether oxygens (including phenoxy) is 1. The van der Waals surface area contributed by atoms with Gasteiger partial charge in [0.1, 0.15) is 10.1 Å². The summed E-state index contributed by atoms with van der Waals surface area (Å²) in [6.45, 7) is 3.89. The van der Waals surface area contributed by atoms with Gasteiger partial charge < -0.3 is 15.0 Å². The van der Waals surface area contributed by atoms with Crippen LogP contribution in [0.15, 0.2) is 11.4 Å². The number of nitrogens with one attached hydrogen (secondary N) is 1. The van der Waals surface area contributed by atoms with Gasteiger partial charge in [0.05, 0.1) is 0 Å². The van der Waals surface area contributed by atoms with Crippen molar-refractivity contribution >= 4 is 34.8 Å². The lowest BCUT2D eigenvalue weighted by Crippen LogP contribution is -2.53. The molecule has 1 aromatic rings. The van der Waals surface area contributed by atoms with Crippen LogP contribution in [0.4, 0.5) is 0 Å². The number of carbonyl (C=O) groups is 2. The van der Waals surface area contributed by atoms with Crippen molar-refractivity contribution in [1.29, 1.82) is 0 Å². The van der Waals surface area contributed by atoms with Crippen molar-refractivity contribution in [3.63, 3.8) is 0 Å². The molecule has 2 fully saturated rings. The summed E-state index contributed by atoms with van der Waals surface area (Å²) < 4.78 is 6.06. The van der Waals surface area contributed by atoms with Crippen LogP contribution in [-0.2, 0) is 9.59 Å². The molecule has 1 unspecified atom stereocenters. The second-order valence-corrected chi connectivity index (χ2v) is 7.61. The minimum atomic E-state index is -0.00497. The lowest BCUT2D eigenvalue weighted by molar-refractivity contribution is -0.135. The van der Waals surface area contributed by atoms with E-state index in [2.05, 4.69) is 10.2 Å². The summed E-state index contributed by atoms with van der Waals surface area (Å²) in [5, 5.41) is 4.76. The monoisotopic (exact) mass is 371 g/mol. The SMILES string of the molecule is O=C1CCC(N2CCN(C(=O)COc3ccsc3Cl)CC2)CCN1. The summed E-state index contributed by atoms with van der Waals surface area (Å²) in [5.74, 6) is 0.717. The average molecular weight is 372 g/mol. The van der Waals surface area contributed by atoms with Crippen LogP contribution in [0, 0.1) is 0 Å². The highest BCUT2D eigenvalue weighted by Gasteiger charge is 2.27. The molecule has 2 aliphatic heterocycles. The van der Waals surface area contributed by atoms with E-state index < -0.39 is 0 Å². The summed E-state index contributed by atoms with van der Waals surface area (Å²) in [7, 11) is 0. The standard InChI is InChI=1S/C16H22ClN3O3S/c17-16-13(4-10-24-16)23-11-15(22)20-8-6-19(7-9-20)12-1-2-14(21)18-5-3-12/h4,10,12H,1-3,5-9,11H2,(H,18,21). The number of rotatable bonds is 4. The molecular weight excluding hydrogens is 350 g/mol. The average Bonchev–Trinajstić information content (AvgIpc) is 2.88. The van der Waals surface area contributed by atoms with Gasteiger partial charge in [-0.15, -0.1) is 11.3 Å². The van der Waals surface area contributed by atoms with E-state index in [4.69, 9.17) is 16.3 Å². The number of piperazine rings is 1. The minimum absolute atomic E-state index is 0.00497. The maximum atomic E-state index is 12.3. The maximum absolute atomic E-state index is 12.3. The Kier molecular flexibility index (Phi) is 5.97. The van der Waals surface area contributed by atoms with Crippen molar-refractivity contribution < 1.29 is 14.3 Å². The first kappa shape index (κ1) is 17.5. The summed E-state index contributed by atoms with van der Waals surface area (Å²) in [4.78, 5) is 28.0. The lowest BCUT2D eigenvalue weighted by atomic mass is 10.1. The number of hydrogen-bond acceptors (Lipinski definition) is 5. The lowest BCUT2D eigenvalue weighted by Gasteiger charge is -2.39. The van der Waals surface area contributed by atoms with Crippen LogP contribution in [0.25, 0.3) is 0 Å². The fourth-order valence-corrected chi connectivity index (χ4v) is 4.05. The number of amides is 2. The number of nitrogens with zero attached hydrogens (tertiary/aromatic N) is 2. The fraction of sp³-hybridized carbons (Fsp3) is 0.625. The highest BCUT2D eigenvalue weighted by atomic mass is 35.5. The first-order valence-electron chi connectivity index (χ1n) is 8.28. The maximum Gasteiger partial charge on any atom is 0.260 e. The Balaban J connectivity index is 1.43. The highest BCUT2D eigenvalue weighted by molar-refractivity contribution is 7.14. The van der Waals surface area contributed by atoms with Crippen molar-refractivity contribution in [2.75, 3.05) is 39.3 Å². The van der Waals surface area contributed by atoms with Crippen molar-refractivity contribution in [2.24, 2.45) is 0 Å². The van der Waals surface area contributed by atoms with Gasteiger partial charge in [-0.1, -0.05) is 11.6 Å². The predicted molar refractivity (Wildman–Crippen MR) is 93.6 cm³/mol. The van der Waals surface area contributed by atoms with Crippen LogP contribution in [0.1, 0.15) is 19.3 Å². The molecule has 1 aromatic heterocycles. The Morgan fingerprint density at radius 1 is 1.33 bits per heavy atom. The van der Waals surface area contributed by atoms with Gasteiger partial charge in [0, 0.05) is 45.2 Å². The topological polar surface area (TPSA) is 61.9 Å². The largest absolute Gasteiger partial charge is 0.481 e. The Hall–Kier alpha value is -1.31. The Morgan fingerprint density at radius 3 is 2.83 bits per heavy atom. The van der Waals surface area contributed by atoms with E-state index in [1.165, 1.54) is 11.3 Å². The van der Waals surface area contributed by atoms with Crippen LogP contribution >= 0.6 is 22.9 Å². The Labute approximate surface area is 150 Å². The van der Waals surface area contributed by atoms with Gasteiger partial charge in [-0.2, -0.15) is 0 Å². The first-order chi connectivity index (χ1) is 11.6. The van der Waals surface area contributed by atoms with Crippen molar-refractivity contribution in [1.82, 2.24) is 15.1 Å². The van der Waals surface area contributed by atoms with Gasteiger partial charge in [-0.05, 0) is 24.3 Å². The molecule has 6 nitrogen and oxygen atoms in total. The smallest absolute Gasteiger partial charge is 0.260 e. The van der Waals surface area contributed by atoms with Crippen LogP contribution < -0.4 is 10.1 Å². The molecule has 2 aliphatic rings. The molecule has 0 radical (unpaired) electrons. The summed E-state index contributed by atoms with van der Waals surface area (Å²) in [6.07, 6.45) is 2.48. The highest BCUT2D eigenvalue weighted by Crippen LogP contribution is 2.30. The van der Waals surface area contributed by atoms with E-state index in [0.29, 0.717) is 35.6 Å². The van der Waals surface area contributed by atoms with Crippen molar-refractivity contribution in [2.45, 2.75) is 25.3 Å². The zero-order valence-corrected chi connectivity index (χ0v) is 15.1. The Bertz CT molecular complexity index is 587. The van der Waals surface area contributed by atoms with Gasteiger partial charge >= 0.3 is 0 Å². The molecule has 3 rings (SSSR count). The van der Waals surface area contributed by atoms with Crippen LogP contribution in [0.5, 0.6) is 5.75 Å². The second-order valence-electron chi connectivity index (χ2n) is 6.10. The van der Waals surface area contributed by atoms with Gasteiger partial charge in [0.15, 0.2) is 6.61 Å². The minimum Gasteiger partial charge on any atom is -0.481 e. The van der Waals surface area contributed by atoms with E-state index in [9.17, 15) is 9.59 Å². The van der Waals surface area contributed by atoms with Crippen molar-refractivity contribution in [3.8, 4) is 5.75 Å². The molecule has 2 saturated heterocycles. The van der Waals surface area contributed by atoms with Crippen LogP contribution in [0.2, 0.25) is 4.34 Å². The third-order valence-electron chi connectivity index (χ3n) is 4.62. The third kappa shape index (κ3) is 4.40. The summed E-state index contributed by atoms with van der Waals surface area (Å²) in [5.41, 5.74) is 0. The van der Waals surface area contributed by atoms with E-state index in [1.54, 1.807) is 6.07 Å². The molecule has 24 heavy (non-hydrogen) atoms. The molecule has 3 heterocycles. The van der Waals surface area contributed by atoms with Crippen molar-refractivity contribution in [3.05, 3.63) is 15.8 Å². The van der Waals surface area contributed by atoms with E-state index >= 15 is 0 Å². The van der Waals surface area contributed by atoms with Gasteiger partial charge in [0.25, 0.3) is 5.91 Å². The fourth-order valence-electron chi connectivity index (χ4n) is 3.23. The molecule has 1 atom stereocenters. The predicted octanol–water partition coefficient (Wildman–Crippen LogP) is 1.59. The number of hydrogen-bond donors (Lipinski definition) is 1. The van der Waals surface area contributed by atoms with E-state index in [1.807, 2.05) is 10.3 Å². The molecule has 132 valence electrons. The summed E-state index contributed by atoms with van der Waals surface area (Å²) in [6, 6.07) is 2.21. The number of carbonyl (C=O) groups excluding carboxylic acids is 2. The zero-order valence-electron chi connectivity index (χ0n) is 13.5. The molecule has 0 aliphatic carbocycles. The van der Waals surface area contributed by atoms with E-state index in [-0.39, 0.29) is 18.4 Å². The van der Waals surface area contributed by atoms with Gasteiger partial charge in [-0.25, -0.2) is 0 Å². The number of thiophene rings is 1. The van der Waals surface area contributed by atoms with Gasteiger partial charge in [0.2, 0.25) is 5.91 Å². The summed E-state index contributed by atoms with van der Waals surface area (Å²) >= 11 is 7.36. The molecule has 0 bridgehead atoms. The molecule has 0 saturated carbocycles. The quantitative estimate of drug-likeness (QED) is 0.873. The number of halogens is 1. The Morgan fingerprint density at radius 2 is 2.12 bits per heavy atom. The molecule has 1 N–H and O–H groups in total. The first-order valence-corrected chi connectivity index (χ1v) is 9.53. The van der Waals surface area contributed by atoms with Gasteiger partial charge in [-0.3, -0.25) is 14.5 Å². The molecule has 8 heteroatoms.